The molecule has 0 atom stereocenters. The van der Waals surface area contributed by atoms with Crippen LogP contribution < -0.4 is 5.73 Å². The molecule has 0 bridgehead atoms. The minimum Gasteiger partial charge on any atom is -0.398 e. The van der Waals surface area contributed by atoms with Gasteiger partial charge in [0.05, 0.1) is 0 Å². The number of rotatable bonds is 3. The SMILES string of the molecule is Nc1ccc(C(=O)Cc2ccc(Cl)cc2Cl)cc1Br. The summed E-state index contributed by atoms with van der Waals surface area (Å²) < 4.78 is 0.709. The van der Waals surface area contributed by atoms with Crippen LogP contribution in [-0.2, 0) is 6.42 Å². The van der Waals surface area contributed by atoms with Crippen molar-refractivity contribution in [3.05, 3.63) is 62.0 Å². The van der Waals surface area contributed by atoms with E-state index in [1.165, 1.54) is 0 Å². The number of nitrogen functional groups attached to an aromatic ring is 1. The van der Waals surface area contributed by atoms with Gasteiger partial charge in [-0.2, -0.15) is 0 Å². The number of hydrogen-bond donors (Lipinski definition) is 1. The average Bonchev–Trinajstić information content (AvgIpc) is 2.36. The standard InChI is InChI=1S/C14H10BrCl2NO/c15-11-5-9(2-4-13(11)18)14(19)6-8-1-3-10(16)7-12(8)17/h1-5,7H,6,18H2. The Bertz CT molecular complexity index is 643. The molecule has 0 fully saturated rings. The molecule has 2 nitrogen and oxygen atoms in total. The second-order valence-electron chi connectivity index (χ2n) is 4.07. The van der Waals surface area contributed by atoms with Gasteiger partial charge in [-0.15, -0.1) is 0 Å². The van der Waals surface area contributed by atoms with Crippen molar-refractivity contribution >= 4 is 50.6 Å². The highest BCUT2D eigenvalue weighted by atomic mass is 79.9. The zero-order valence-corrected chi connectivity index (χ0v) is 12.9. The lowest BCUT2D eigenvalue weighted by molar-refractivity contribution is 0.0993. The molecular weight excluding hydrogens is 349 g/mol. The summed E-state index contributed by atoms with van der Waals surface area (Å²) in [5.41, 5.74) is 7.63. The normalized spacial score (nSPS) is 10.5. The monoisotopic (exact) mass is 357 g/mol. The van der Waals surface area contributed by atoms with E-state index in [4.69, 9.17) is 28.9 Å². The second-order valence-corrected chi connectivity index (χ2v) is 5.77. The summed E-state index contributed by atoms with van der Waals surface area (Å²) in [6.45, 7) is 0. The summed E-state index contributed by atoms with van der Waals surface area (Å²) in [5, 5.41) is 1.05. The van der Waals surface area contributed by atoms with Crippen LogP contribution in [-0.4, -0.2) is 5.78 Å². The van der Waals surface area contributed by atoms with E-state index in [1.807, 2.05) is 0 Å². The molecule has 0 saturated heterocycles. The summed E-state index contributed by atoms with van der Waals surface area (Å²) in [6, 6.07) is 10.2. The van der Waals surface area contributed by atoms with E-state index in [1.54, 1.807) is 36.4 Å². The molecule has 0 amide bonds. The first-order valence-electron chi connectivity index (χ1n) is 5.49. The Morgan fingerprint density at radius 3 is 2.53 bits per heavy atom. The average molecular weight is 359 g/mol. The lowest BCUT2D eigenvalue weighted by Gasteiger charge is -2.06. The van der Waals surface area contributed by atoms with Crippen molar-refractivity contribution in [2.75, 3.05) is 5.73 Å². The predicted octanol–water partition coefficient (Wildman–Crippen LogP) is 4.76. The number of carbonyl (C=O) groups excluding carboxylic acids is 1. The number of carbonyl (C=O) groups is 1. The van der Waals surface area contributed by atoms with Crippen molar-refractivity contribution < 1.29 is 4.79 Å². The molecule has 0 aliphatic rings. The van der Waals surface area contributed by atoms with Crippen molar-refractivity contribution in [2.24, 2.45) is 0 Å². The Kier molecular flexibility index (Phi) is 4.50. The molecular formula is C14H10BrCl2NO. The predicted molar refractivity (Wildman–Crippen MR) is 83.1 cm³/mol. The van der Waals surface area contributed by atoms with Crippen LogP contribution in [0.3, 0.4) is 0 Å². The summed E-state index contributed by atoms with van der Waals surface area (Å²) in [4.78, 5) is 12.2. The maximum absolute atomic E-state index is 12.2. The van der Waals surface area contributed by atoms with Crippen molar-refractivity contribution in [2.45, 2.75) is 6.42 Å². The molecule has 0 spiro atoms. The zero-order valence-electron chi connectivity index (χ0n) is 9.79. The summed E-state index contributed by atoms with van der Waals surface area (Å²) in [7, 11) is 0. The van der Waals surface area contributed by atoms with Crippen LogP contribution in [0, 0.1) is 0 Å². The molecule has 0 aromatic heterocycles. The fourth-order valence-corrected chi connectivity index (χ4v) is 2.49. The smallest absolute Gasteiger partial charge is 0.167 e. The molecule has 0 heterocycles. The number of benzene rings is 2. The molecule has 2 rings (SSSR count). The maximum atomic E-state index is 12.2. The van der Waals surface area contributed by atoms with Crippen LogP contribution >= 0.6 is 39.1 Å². The molecule has 0 radical (unpaired) electrons. The zero-order chi connectivity index (χ0) is 14.0. The Labute approximate surface area is 129 Å². The van der Waals surface area contributed by atoms with Gasteiger partial charge in [0.1, 0.15) is 0 Å². The third kappa shape index (κ3) is 3.50. The topological polar surface area (TPSA) is 43.1 Å². The number of anilines is 1. The first-order chi connectivity index (χ1) is 8.97. The van der Waals surface area contributed by atoms with E-state index >= 15 is 0 Å². The number of nitrogens with two attached hydrogens (primary N) is 1. The molecule has 0 unspecified atom stereocenters. The van der Waals surface area contributed by atoms with Crippen LogP contribution in [0.15, 0.2) is 40.9 Å². The van der Waals surface area contributed by atoms with E-state index in [0.29, 0.717) is 25.8 Å². The van der Waals surface area contributed by atoms with Crippen molar-refractivity contribution in [1.29, 1.82) is 0 Å². The molecule has 19 heavy (non-hydrogen) atoms. The van der Waals surface area contributed by atoms with Gasteiger partial charge in [0.25, 0.3) is 0 Å². The Morgan fingerprint density at radius 1 is 1.16 bits per heavy atom. The third-order valence-electron chi connectivity index (χ3n) is 2.69. The highest BCUT2D eigenvalue weighted by molar-refractivity contribution is 9.10. The third-order valence-corrected chi connectivity index (χ3v) is 3.96. The molecule has 0 saturated carbocycles. The molecule has 0 aliphatic carbocycles. The largest absolute Gasteiger partial charge is 0.398 e. The number of Topliss-reactive ketones (excluding diaryl/α,β-unsaturated/α-hetero) is 1. The summed E-state index contributed by atoms with van der Waals surface area (Å²) >= 11 is 15.2. The quantitative estimate of drug-likeness (QED) is 0.634. The first kappa shape index (κ1) is 14.4. The number of hydrogen-bond acceptors (Lipinski definition) is 2. The van der Waals surface area contributed by atoms with E-state index in [2.05, 4.69) is 15.9 Å². The Morgan fingerprint density at radius 2 is 1.89 bits per heavy atom. The van der Waals surface area contributed by atoms with Gasteiger partial charge in [0.15, 0.2) is 5.78 Å². The maximum Gasteiger partial charge on any atom is 0.167 e. The van der Waals surface area contributed by atoms with E-state index < -0.39 is 0 Å². The van der Waals surface area contributed by atoms with Crippen molar-refractivity contribution in [1.82, 2.24) is 0 Å². The first-order valence-corrected chi connectivity index (χ1v) is 7.04. The van der Waals surface area contributed by atoms with E-state index in [9.17, 15) is 4.79 Å². The molecule has 2 aromatic rings. The van der Waals surface area contributed by atoms with Gasteiger partial charge in [-0.1, -0.05) is 29.3 Å². The number of halogens is 3. The molecule has 98 valence electrons. The summed E-state index contributed by atoms with van der Waals surface area (Å²) in [5.74, 6) is -0.0232. The van der Waals surface area contributed by atoms with Gasteiger partial charge in [0.2, 0.25) is 0 Å². The fraction of sp³-hybridized carbons (Fsp3) is 0.0714. The molecule has 5 heteroatoms. The second kappa shape index (κ2) is 5.95. The van der Waals surface area contributed by atoms with Gasteiger partial charge in [-0.3, -0.25) is 4.79 Å². The van der Waals surface area contributed by atoms with E-state index in [-0.39, 0.29) is 12.2 Å². The minimum absolute atomic E-state index is 0.0232. The molecule has 2 aromatic carbocycles. The van der Waals surface area contributed by atoms with Gasteiger partial charge in [-0.05, 0) is 51.8 Å². The van der Waals surface area contributed by atoms with Gasteiger partial charge in [0, 0.05) is 32.2 Å². The van der Waals surface area contributed by atoms with Crippen LogP contribution in [0.2, 0.25) is 10.0 Å². The van der Waals surface area contributed by atoms with Crippen LogP contribution in [0.1, 0.15) is 15.9 Å². The Hall–Kier alpha value is -1.03. The van der Waals surface area contributed by atoms with Gasteiger partial charge < -0.3 is 5.73 Å². The fourth-order valence-electron chi connectivity index (χ4n) is 1.64. The lowest BCUT2D eigenvalue weighted by Crippen LogP contribution is -2.04. The van der Waals surface area contributed by atoms with Crippen LogP contribution in [0.4, 0.5) is 5.69 Å². The van der Waals surface area contributed by atoms with E-state index in [0.717, 1.165) is 5.56 Å². The lowest BCUT2D eigenvalue weighted by atomic mass is 10.0. The minimum atomic E-state index is -0.0232. The van der Waals surface area contributed by atoms with Gasteiger partial charge >= 0.3 is 0 Å². The van der Waals surface area contributed by atoms with Crippen molar-refractivity contribution in [3.8, 4) is 0 Å². The van der Waals surface area contributed by atoms with Crippen molar-refractivity contribution in [3.63, 3.8) is 0 Å². The molecule has 0 aliphatic heterocycles. The Balaban J connectivity index is 2.23. The highest BCUT2D eigenvalue weighted by Crippen LogP contribution is 2.24. The van der Waals surface area contributed by atoms with Crippen LogP contribution in [0.5, 0.6) is 0 Å². The number of ketones is 1. The van der Waals surface area contributed by atoms with Crippen LogP contribution in [0.25, 0.3) is 0 Å². The highest BCUT2D eigenvalue weighted by Gasteiger charge is 2.11. The van der Waals surface area contributed by atoms with Gasteiger partial charge in [-0.25, -0.2) is 0 Å². The summed E-state index contributed by atoms with van der Waals surface area (Å²) in [6.07, 6.45) is 0.229. The molecule has 2 N–H and O–H groups in total.